The number of para-hydroxylation sites is 1. The van der Waals surface area contributed by atoms with Crippen LogP contribution in [0.4, 0.5) is 5.69 Å². The first-order valence-corrected chi connectivity index (χ1v) is 13.3. The standard InChI is InChI=1S/C25H22Cl2N2O4S/c26-18-8-7-17(22(27)12-18)15-34(31,32)29-11-3-4-16(14-29)25(30)28-19-9-10-21-20-5-1-2-6-23(20)33-24(21)13-19/h1-2,5-10,12-13,16H,3-4,11,14-15H2,(H,28,30). The number of hydrogen-bond donors (Lipinski definition) is 1. The number of anilines is 1. The molecule has 34 heavy (non-hydrogen) atoms. The van der Waals surface area contributed by atoms with Crippen LogP contribution in [0.2, 0.25) is 10.0 Å². The van der Waals surface area contributed by atoms with Gasteiger partial charge in [-0.25, -0.2) is 12.7 Å². The fourth-order valence-corrected chi connectivity index (χ4v) is 6.58. The van der Waals surface area contributed by atoms with Crippen LogP contribution in [-0.2, 0) is 20.6 Å². The summed E-state index contributed by atoms with van der Waals surface area (Å²) in [5.41, 5.74) is 2.57. The van der Waals surface area contributed by atoms with Crippen LogP contribution in [0.25, 0.3) is 21.9 Å². The lowest BCUT2D eigenvalue weighted by Gasteiger charge is -2.31. The minimum Gasteiger partial charge on any atom is -0.456 e. The lowest BCUT2D eigenvalue weighted by atomic mass is 9.98. The molecule has 1 amide bonds. The van der Waals surface area contributed by atoms with Crippen LogP contribution < -0.4 is 5.32 Å². The number of piperidine rings is 1. The van der Waals surface area contributed by atoms with E-state index in [9.17, 15) is 13.2 Å². The molecule has 1 aliphatic rings. The monoisotopic (exact) mass is 516 g/mol. The molecule has 1 atom stereocenters. The Balaban J connectivity index is 1.29. The number of carbonyl (C=O) groups is 1. The van der Waals surface area contributed by atoms with Crippen molar-refractivity contribution in [3.63, 3.8) is 0 Å². The third kappa shape index (κ3) is 4.66. The van der Waals surface area contributed by atoms with Crippen molar-refractivity contribution in [1.29, 1.82) is 0 Å². The van der Waals surface area contributed by atoms with Crippen molar-refractivity contribution >= 4 is 66.8 Å². The molecule has 1 unspecified atom stereocenters. The lowest BCUT2D eigenvalue weighted by Crippen LogP contribution is -2.44. The number of rotatable bonds is 5. The van der Waals surface area contributed by atoms with Crippen LogP contribution in [-0.4, -0.2) is 31.7 Å². The van der Waals surface area contributed by atoms with Crippen molar-refractivity contribution in [3.8, 4) is 0 Å². The molecule has 6 nitrogen and oxygen atoms in total. The van der Waals surface area contributed by atoms with Gasteiger partial charge in [-0.1, -0.05) is 47.5 Å². The second-order valence-electron chi connectivity index (χ2n) is 8.49. The highest BCUT2D eigenvalue weighted by atomic mass is 35.5. The van der Waals surface area contributed by atoms with Crippen molar-refractivity contribution in [3.05, 3.63) is 76.3 Å². The molecule has 0 bridgehead atoms. The van der Waals surface area contributed by atoms with E-state index in [1.807, 2.05) is 36.4 Å². The van der Waals surface area contributed by atoms with E-state index in [-0.39, 0.29) is 18.2 Å². The first kappa shape index (κ1) is 23.2. The molecule has 0 spiro atoms. The van der Waals surface area contributed by atoms with Crippen LogP contribution >= 0.6 is 23.2 Å². The zero-order valence-corrected chi connectivity index (χ0v) is 20.5. The highest BCUT2D eigenvalue weighted by Crippen LogP contribution is 2.31. The lowest BCUT2D eigenvalue weighted by molar-refractivity contribution is -0.120. The Morgan fingerprint density at radius 1 is 1.03 bits per heavy atom. The summed E-state index contributed by atoms with van der Waals surface area (Å²) in [6.07, 6.45) is 1.22. The summed E-state index contributed by atoms with van der Waals surface area (Å²) in [4.78, 5) is 13.0. The van der Waals surface area contributed by atoms with E-state index in [4.69, 9.17) is 27.6 Å². The number of benzene rings is 3. The van der Waals surface area contributed by atoms with Gasteiger partial charge in [-0.05, 0) is 48.7 Å². The topological polar surface area (TPSA) is 79.6 Å². The average Bonchev–Trinajstić information content (AvgIpc) is 3.19. The first-order chi connectivity index (χ1) is 16.3. The number of amides is 1. The highest BCUT2D eigenvalue weighted by Gasteiger charge is 2.33. The number of carbonyl (C=O) groups excluding carboxylic acids is 1. The molecule has 2 heterocycles. The van der Waals surface area contributed by atoms with Gasteiger partial charge in [0.25, 0.3) is 0 Å². The SMILES string of the molecule is O=C(Nc1ccc2c(c1)oc1ccccc12)C1CCCN(S(=O)(=O)Cc2ccc(Cl)cc2Cl)C1. The number of furan rings is 1. The van der Waals surface area contributed by atoms with Gasteiger partial charge >= 0.3 is 0 Å². The Morgan fingerprint density at radius 2 is 1.82 bits per heavy atom. The van der Waals surface area contributed by atoms with Crippen LogP contribution in [0.1, 0.15) is 18.4 Å². The summed E-state index contributed by atoms with van der Waals surface area (Å²) in [5.74, 6) is -0.893. The third-order valence-corrected chi connectivity index (χ3v) is 8.53. The van der Waals surface area contributed by atoms with Crippen LogP contribution in [0.3, 0.4) is 0 Å². The molecule has 1 aliphatic heterocycles. The maximum atomic E-state index is 13.0. The molecule has 1 fully saturated rings. The van der Waals surface area contributed by atoms with Gasteiger partial charge in [0, 0.05) is 45.7 Å². The van der Waals surface area contributed by atoms with Crippen LogP contribution in [0.15, 0.2) is 65.1 Å². The fraction of sp³-hybridized carbons (Fsp3) is 0.240. The number of sulfonamides is 1. The Hall–Kier alpha value is -2.58. The van der Waals surface area contributed by atoms with Crippen molar-refractivity contribution < 1.29 is 17.6 Å². The van der Waals surface area contributed by atoms with Gasteiger partial charge in [-0.15, -0.1) is 0 Å². The van der Waals surface area contributed by atoms with Gasteiger partial charge in [-0.3, -0.25) is 4.79 Å². The van der Waals surface area contributed by atoms with Crippen LogP contribution in [0, 0.1) is 5.92 Å². The quantitative estimate of drug-likeness (QED) is 0.348. The van der Waals surface area contributed by atoms with Gasteiger partial charge < -0.3 is 9.73 Å². The minimum absolute atomic E-state index is 0.131. The molecule has 1 aromatic heterocycles. The summed E-state index contributed by atoms with van der Waals surface area (Å²) in [6.45, 7) is 0.508. The Labute approximate surface area is 207 Å². The number of halogens is 2. The van der Waals surface area contributed by atoms with E-state index >= 15 is 0 Å². The molecular formula is C25H22Cl2N2O4S. The Morgan fingerprint density at radius 3 is 2.65 bits per heavy atom. The van der Waals surface area contributed by atoms with Crippen molar-refractivity contribution in [1.82, 2.24) is 4.31 Å². The summed E-state index contributed by atoms with van der Waals surface area (Å²) >= 11 is 12.1. The predicted molar refractivity (Wildman–Crippen MR) is 136 cm³/mol. The maximum absolute atomic E-state index is 13.0. The second kappa shape index (κ2) is 9.23. The summed E-state index contributed by atoms with van der Waals surface area (Å²) in [5, 5.41) is 5.68. The molecule has 1 saturated heterocycles. The zero-order valence-electron chi connectivity index (χ0n) is 18.1. The molecule has 3 aromatic carbocycles. The average molecular weight is 517 g/mol. The molecule has 4 aromatic rings. The third-order valence-electron chi connectivity index (χ3n) is 6.15. The maximum Gasteiger partial charge on any atom is 0.228 e. The predicted octanol–water partition coefficient (Wildman–Crippen LogP) is 6.07. The van der Waals surface area contributed by atoms with Gasteiger partial charge in [0.05, 0.1) is 11.7 Å². The Bertz CT molecular complexity index is 1500. The number of nitrogens with zero attached hydrogens (tertiary/aromatic N) is 1. The molecule has 176 valence electrons. The fourth-order valence-electron chi connectivity index (χ4n) is 4.38. The summed E-state index contributed by atoms with van der Waals surface area (Å²) in [6, 6.07) is 18.1. The second-order valence-corrected chi connectivity index (χ2v) is 11.3. The molecular weight excluding hydrogens is 495 g/mol. The number of hydrogen-bond acceptors (Lipinski definition) is 4. The molecule has 1 N–H and O–H groups in total. The highest BCUT2D eigenvalue weighted by molar-refractivity contribution is 7.88. The smallest absolute Gasteiger partial charge is 0.228 e. The molecule has 5 rings (SSSR count). The van der Waals surface area contributed by atoms with E-state index in [0.29, 0.717) is 46.3 Å². The zero-order chi connectivity index (χ0) is 23.9. The van der Waals surface area contributed by atoms with Crippen molar-refractivity contribution in [2.75, 3.05) is 18.4 Å². The summed E-state index contributed by atoms with van der Waals surface area (Å²) < 4.78 is 33.4. The van der Waals surface area contributed by atoms with Gasteiger partial charge in [0.1, 0.15) is 11.2 Å². The normalized spacial score (nSPS) is 17.3. The largest absolute Gasteiger partial charge is 0.456 e. The summed E-state index contributed by atoms with van der Waals surface area (Å²) in [7, 11) is -3.64. The molecule has 0 aliphatic carbocycles. The van der Waals surface area contributed by atoms with Crippen molar-refractivity contribution in [2.45, 2.75) is 18.6 Å². The van der Waals surface area contributed by atoms with E-state index in [1.54, 1.807) is 18.2 Å². The van der Waals surface area contributed by atoms with Gasteiger partial charge in [0.2, 0.25) is 15.9 Å². The van der Waals surface area contributed by atoms with E-state index in [2.05, 4.69) is 5.32 Å². The first-order valence-electron chi connectivity index (χ1n) is 10.9. The molecule has 0 radical (unpaired) electrons. The Kier molecular flexibility index (Phi) is 6.29. The van der Waals surface area contributed by atoms with Crippen molar-refractivity contribution in [2.24, 2.45) is 5.92 Å². The minimum atomic E-state index is -3.64. The van der Waals surface area contributed by atoms with Crippen LogP contribution in [0.5, 0.6) is 0 Å². The van der Waals surface area contributed by atoms with Gasteiger partial charge in [-0.2, -0.15) is 0 Å². The molecule has 0 saturated carbocycles. The van der Waals surface area contributed by atoms with E-state index in [1.165, 1.54) is 10.4 Å². The number of fused-ring (bicyclic) bond motifs is 3. The van der Waals surface area contributed by atoms with E-state index in [0.717, 1.165) is 16.4 Å². The number of nitrogens with one attached hydrogen (secondary N) is 1. The van der Waals surface area contributed by atoms with Gasteiger partial charge in [0.15, 0.2) is 0 Å². The molecule has 9 heteroatoms. The van der Waals surface area contributed by atoms with E-state index < -0.39 is 15.9 Å².